The maximum absolute atomic E-state index is 13.6. The second-order valence-corrected chi connectivity index (χ2v) is 8.23. The quantitative estimate of drug-likeness (QED) is 0.369. The van der Waals surface area contributed by atoms with Gasteiger partial charge in [-0.05, 0) is 63.5 Å². The molecule has 2 aromatic carbocycles. The van der Waals surface area contributed by atoms with Crippen LogP contribution in [-0.4, -0.2) is 52.4 Å². The molecule has 3 aromatic rings. The van der Waals surface area contributed by atoms with E-state index in [9.17, 15) is 9.18 Å². The summed E-state index contributed by atoms with van der Waals surface area (Å²) in [6.07, 6.45) is 0. The molecule has 0 aliphatic carbocycles. The molecule has 1 aromatic heterocycles. The summed E-state index contributed by atoms with van der Waals surface area (Å²) in [5.74, 6) is 0.380. The molecule has 9 heteroatoms. The number of carbonyl (C=O) groups excluding carboxylic acids is 1. The summed E-state index contributed by atoms with van der Waals surface area (Å²) in [6, 6.07) is 11.2. The average molecular weight is 449 g/mol. The van der Waals surface area contributed by atoms with Crippen LogP contribution in [0, 0.1) is 5.82 Å². The molecule has 30 heavy (non-hydrogen) atoms. The Kier molecular flexibility index (Phi) is 7.12. The van der Waals surface area contributed by atoms with Crippen LogP contribution in [0.4, 0.5) is 4.39 Å². The lowest BCUT2D eigenvalue weighted by Gasteiger charge is -2.20. The molecule has 158 valence electrons. The Morgan fingerprint density at radius 2 is 1.93 bits per heavy atom. The molecule has 0 bridgehead atoms. The minimum Gasteiger partial charge on any atom is -0.496 e. The molecule has 0 amide bonds. The van der Waals surface area contributed by atoms with E-state index in [1.165, 1.54) is 37.1 Å². The maximum atomic E-state index is 13.6. The van der Waals surface area contributed by atoms with Crippen molar-refractivity contribution in [3.05, 3.63) is 64.7 Å². The number of ether oxygens (including phenoxy) is 1. The summed E-state index contributed by atoms with van der Waals surface area (Å²) >= 11 is 7.27. The molecule has 0 fully saturated rings. The van der Waals surface area contributed by atoms with Crippen molar-refractivity contribution in [2.45, 2.75) is 18.1 Å². The first-order chi connectivity index (χ1) is 14.3. The molecule has 1 atom stereocenters. The number of carbonyl (C=O) groups is 1. The summed E-state index contributed by atoms with van der Waals surface area (Å²) in [4.78, 5) is 14.8. The van der Waals surface area contributed by atoms with Crippen LogP contribution in [0.15, 0.2) is 47.6 Å². The number of rotatable bonds is 8. The zero-order chi connectivity index (χ0) is 21.8. The van der Waals surface area contributed by atoms with E-state index in [4.69, 9.17) is 16.3 Å². The smallest absolute Gasteiger partial charge is 0.196 e. The molecule has 0 N–H and O–H groups in total. The number of ketones is 1. The number of nitrogens with zero attached hydrogens (tertiary/aromatic N) is 4. The number of thioether (sulfide) groups is 1. The Morgan fingerprint density at radius 3 is 2.57 bits per heavy atom. The minimum atomic E-state index is -0.490. The van der Waals surface area contributed by atoms with Gasteiger partial charge >= 0.3 is 0 Å². The molecule has 6 nitrogen and oxygen atoms in total. The number of hydrogen-bond donors (Lipinski definition) is 0. The van der Waals surface area contributed by atoms with E-state index in [-0.39, 0.29) is 23.1 Å². The lowest BCUT2D eigenvalue weighted by atomic mass is 10.1. The first kappa shape index (κ1) is 22.3. The van der Waals surface area contributed by atoms with Crippen molar-refractivity contribution < 1.29 is 13.9 Å². The fraction of sp³-hybridized carbons (Fsp3) is 0.286. The van der Waals surface area contributed by atoms with Crippen LogP contribution in [0.2, 0.25) is 5.02 Å². The van der Waals surface area contributed by atoms with Crippen LogP contribution < -0.4 is 4.74 Å². The summed E-state index contributed by atoms with van der Waals surface area (Å²) in [7, 11) is 5.36. The van der Waals surface area contributed by atoms with E-state index in [0.29, 0.717) is 15.9 Å². The molecule has 0 saturated carbocycles. The highest BCUT2D eigenvalue weighted by Crippen LogP contribution is 2.29. The second-order valence-electron chi connectivity index (χ2n) is 6.85. The van der Waals surface area contributed by atoms with Crippen LogP contribution >= 0.6 is 23.4 Å². The molecular weight excluding hydrogens is 427 g/mol. The standard InChI is InChI=1S/C21H22ClFN4O2S/c1-13(26(2)3)20-24-25-21(27(20)16-8-5-14(22)6-9-16)30-12-18(28)17-11-15(23)7-10-19(17)29-4/h5-11,13H,12H2,1-4H3. The van der Waals surface area contributed by atoms with Gasteiger partial charge in [0.2, 0.25) is 0 Å². The first-order valence-corrected chi connectivity index (χ1v) is 10.6. The summed E-state index contributed by atoms with van der Waals surface area (Å²) in [6.45, 7) is 2.02. The number of halogens is 2. The van der Waals surface area contributed by atoms with Crippen LogP contribution in [0.1, 0.15) is 29.1 Å². The number of benzene rings is 2. The Hall–Kier alpha value is -2.42. The number of methoxy groups -OCH3 is 1. The van der Waals surface area contributed by atoms with Gasteiger partial charge in [-0.25, -0.2) is 4.39 Å². The average Bonchev–Trinajstić information content (AvgIpc) is 3.15. The van der Waals surface area contributed by atoms with Crippen molar-refractivity contribution >= 4 is 29.1 Å². The van der Waals surface area contributed by atoms with Crippen molar-refractivity contribution in [1.82, 2.24) is 19.7 Å². The first-order valence-electron chi connectivity index (χ1n) is 9.19. The van der Waals surface area contributed by atoms with Gasteiger partial charge in [0, 0.05) is 10.7 Å². The summed E-state index contributed by atoms with van der Waals surface area (Å²) in [5, 5.41) is 9.84. The maximum Gasteiger partial charge on any atom is 0.196 e. The Labute approximate surface area is 184 Å². The molecule has 1 unspecified atom stereocenters. The number of Topliss-reactive ketones (excluding diaryl/α,β-unsaturated/α-hetero) is 1. The molecule has 0 aliphatic heterocycles. The van der Waals surface area contributed by atoms with Crippen molar-refractivity contribution in [3.63, 3.8) is 0 Å². The van der Waals surface area contributed by atoms with Gasteiger partial charge in [-0.2, -0.15) is 0 Å². The highest BCUT2D eigenvalue weighted by atomic mass is 35.5. The van der Waals surface area contributed by atoms with Gasteiger partial charge in [-0.15, -0.1) is 10.2 Å². The number of hydrogen-bond acceptors (Lipinski definition) is 6. The van der Waals surface area contributed by atoms with E-state index >= 15 is 0 Å². The minimum absolute atomic E-state index is 0.0125. The Balaban J connectivity index is 1.92. The largest absolute Gasteiger partial charge is 0.496 e. The summed E-state index contributed by atoms with van der Waals surface area (Å²) in [5.41, 5.74) is 1.04. The normalized spacial score (nSPS) is 12.2. The van der Waals surface area contributed by atoms with Gasteiger partial charge in [-0.3, -0.25) is 14.3 Å². The van der Waals surface area contributed by atoms with Crippen molar-refractivity contribution in [1.29, 1.82) is 0 Å². The molecular formula is C21H22ClFN4O2S. The summed E-state index contributed by atoms with van der Waals surface area (Å²) < 4.78 is 20.7. The Bertz CT molecular complexity index is 1040. The van der Waals surface area contributed by atoms with Gasteiger partial charge in [0.25, 0.3) is 0 Å². The van der Waals surface area contributed by atoms with E-state index < -0.39 is 5.82 Å². The van der Waals surface area contributed by atoms with Crippen molar-refractivity contribution in [3.8, 4) is 11.4 Å². The van der Waals surface area contributed by atoms with Gasteiger partial charge in [0.1, 0.15) is 11.6 Å². The van der Waals surface area contributed by atoms with Gasteiger partial charge < -0.3 is 4.74 Å². The highest BCUT2D eigenvalue weighted by Gasteiger charge is 2.22. The lowest BCUT2D eigenvalue weighted by Crippen LogP contribution is -2.20. The molecule has 1 heterocycles. The number of aromatic nitrogens is 3. The lowest BCUT2D eigenvalue weighted by molar-refractivity contribution is 0.101. The molecule has 0 radical (unpaired) electrons. The third-order valence-electron chi connectivity index (χ3n) is 4.69. The zero-order valence-corrected chi connectivity index (χ0v) is 18.7. The predicted octanol–water partition coefficient (Wildman–Crippen LogP) is 4.67. The zero-order valence-electron chi connectivity index (χ0n) is 17.1. The molecule has 0 saturated heterocycles. The van der Waals surface area contributed by atoms with E-state index in [1.807, 2.05) is 42.6 Å². The highest BCUT2D eigenvalue weighted by molar-refractivity contribution is 7.99. The third-order valence-corrected chi connectivity index (χ3v) is 5.87. The van der Waals surface area contributed by atoms with Gasteiger partial charge in [0.15, 0.2) is 16.8 Å². The molecule has 0 aliphatic rings. The Morgan fingerprint density at radius 1 is 1.23 bits per heavy atom. The van der Waals surface area contributed by atoms with Crippen LogP contribution in [0.3, 0.4) is 0 Å². The van der Waals surface area contributed by atoms with Gasteiger partial charge in [-0.1, -0.05) is 23.4 Å². The topological polar surface area (TPSA) is 60.2 Å². The molecule has 3 rings (SSSR count). The van der Waals surface area contributed by atoms with Crippen LogP contribution in [0.5, 0.6) is 5.75 Å². The van der Waals surface area contributed by atoms with Crippen LogP contribution in [0.25, 0.3) is 5.69 Å². The fourth-order valence-electron chi connectivity index (χ4n) is 2.82. The fourth-order valence-corrected chi connectivity index (χ4v) is 3.78. The second kappa shape index (κ2) is 9.59. The van der Waals surface area contributed by atoms with E-state index in [1.54, 1.807) is 12.1 Å². The van der Waals surface area contributed by atoms with Gasteiger partial charge in [0.05, 0.1) is 24.5 Å². The predicted molar refractivity (Wildman–Crippen MR) is 116 cm³/mol. The van der Waals surface area contributed by atoms with E-state index in [2.05, 4.69) is 10.2 Å². The van der Waals surface area contributed by atoms with Crippen molar-refractivity contribution in [2.24, 2.45) is 0 Å². The molecule has 0 spiro atoms. The third kappa shape index (κ3) is 4.83. The van der Waals surface area contributed by atoms with Crippen molar-refractivity contribution in [2.75, 3.05) is 27.0 Å². The van der Waals surface area contributed by atoms with E-state index in [0.717, 1.165) is 11.5 Å². The monoisotopic (exact) mass is 448 g/mol. The SMILES string of the molecule is COc1ccc(F)cc1C(=O)CSc1nnc(C(C)N(C)C)n1-c1ccc(Cl)cc1. The van der Waals surface area contributed by atoms with Crippen LogP contribution in [-0.2, 0) is 0 Å².